The van der Waals surface area contributed by atoms with E-state index in [-0.39, 0.29) is 23.7 Å². The molecule has 1 saturated heterocycles. The van der Waals surface area contributed by atoms with Crippen molar-refractivity contribution >= 4 is 15.9 Å². The number of sulfonamides is 1. The molecule has 4 rings (SSSR count). The molecule has 2 aliphatic rings. The monoisotopic (exact) mass is 466 g/mol. The molecule has 0 bridgehead atoms. The summed E-state index contributed by atoms with van der Waals surface area (Å²) in [5, 5.41) is 0. The molecule has 1 saturated carbocycles. The van der Waals surface area contributed by atoms with Gasteiger partial charge in [0.1, 0.15) is 11.9 Å². The minimum Gasteiger partial charge on any atom is -0.331 e. The normalized spacial score (nSPS) is 22.8. The lowest BCUT2D eigenvalue weighted by Crippen LogP contribution is -2.52. The zero-order valence-corrected chi connectivity index (χ0v) is 18.4. The second-order valence-corrected chi connectivity index (χ2v) is 10.5. The second kappa shape index (κ2) is 8.51. The SMILES string of the molecule is CCS(=O)(=O)N[C@@H]1[C@H](Cc2cccc(-c3ccccc3)c2F)N(C(=O)C2CC2)CC1(F)F. The maximum atomic E-state index is 15.4. The molecule has 0 aromatic heterocycles. The zero-order valence-electron chi connectivity index (χ0n) is 17.6. The van der Waals surface area contributed by atoms with Crippen LogP contribution in [0.1, 0.15) is 25.3 Å². The Hall–Kier alpha value is -2.39. The number of carbonyl (C=O) groups is 1. The Morgan fingerprint density at radius 1 is 1.12 bits per heavy atom. The molecular formula is C23H25F3N2O3S. The van der Waals surface area contributed by atoms with Gasteiger partial charge >= 0.3 is 0 Å². The number of likely N-dealkylation sites (tertiary alicyclic amines) is 1. The average molecular weight is 467 g/mol. The molecule has 1 aliphatic carbocycles. The Labute approximate surface area is 185 Å². The zero-order chi connectivity index (χ0) is 23.1. The van der Waals surface area contributed by atoms with Crippen LogP contribution >= 0.6 is 0 Å². The predicted molar refractivity (Wildman–Crippen MR) is 115 cm³/mol. The van der Waals surface area contributed by atoms with Crippen LogP contribution in [0.5, 0.6) is 0 Å². The minimum atomic E-state index is -3.98. The lowest BCUT2D eigenvalue weighted by Gasteiger charge is -2.29. The molecule has 2 atom stereocenters. The van der Waals surface area contributed by atoms with Crippen LogP contribution in [0.15, 0.2) is 48.5 Å². The van der Waals surface area contributed by atoms with Crippen LogP contribution in [-0.4, -0.2) is 49.5 Å². The molecule has 2 aromatic carbocycles. The van der Waals surface area contributed by atoms with Crippen LogP contribution < -0.4 is 4.72 Å². The maximum absolute atomic E-state index is 15.4. The molecule has 1 N–H and O–H groups in total. The summed E-state index contributed by atoms with van der Waals surface area (Å²) in [7, 11) is -3.98. The fourth-order valence-corrected chi connectivity index (χ4v) is 5.07. The van der Waals surface area contributed by atoms with Gasteiger partial charge in [0, 0.05) is 11.5 Å². The van der Waals surface area contributed by atoms with Crippen molar-refractivity contribution in [2.45, 2.75) is 44.2 Å². The van der Waals surface area contributed by atoms with E-state index >= 15 is 4.39 Å². The van der Waals surface area contributed by atoms with Gasteiger partial charge in [0.05, 0.1) is 18.3 Å². The summed E-state index contributed by atoms with van der Waals surface area (Å²) in [6, 6.07) is 10.5. The summed E-state index contributed by atoms with van der Waals surface area (Å²) < 4.78 is 71.7. The largest absolute Gasteiger partial charge is 0.331 e. The Bertz CT molecular complexity index is 1100. The van der Waals surface area contributed by atoms with Crippen molar-refractivity contribution in [2.24, 2.45) is 5.92 Å². The fraction of sp³-hybridized carbons (Fsp3) is 0.435. The first-order chi connectivity index (χ1) is 15.1. The van der Waals surface area contributed by atoms with Crippen LogP contribution in [0.4, 0.5) is 13.2 Å². The van der Waals surface area contributed by atoms with Gasteiger partial charge in [-0.05, 0) is 37.3 Å². The predicted octanol–water partition coefficient (Wildman–Crippen LogP) is 3.60. The summed E-state index contributed by atoms with van der Waals surface area (Å²) in [4.78, 5) is 13.8. The second-order valence-electron chi connectivity index (χ2n) is 8.42. The van der Waals surface area contributed by atoms with Crippen molar-refractivity contribution < 1.29 is 26.4 Å². The molecule has 0 spiro atoms. The fourth-order valence-electron chi connectivity index (χ4n) is 4.18. The molecule has 32 heavy (non-hydrogen) atoms. The van der Waals surface area contributed by atoms with E-state index in [1.165, 1.54) is 13.0 Å². The summed E-state index contributed by atoms with van der Waals surface area (Å²) in [6.45, 7) is 0.463. The van der Waals surface area contributed by atoms with E-state index in [4.69, 9.17) is 0 Å². The molecule has 2 fully saturated rings. The number of carbonyl (C=O) groups excluding carboxylic acids is 1. The molecule has 0 radical (unpaired) electrons. The van der Waals surface area contributed by atoms with Gasteiger partial charge in [0.25, 0.3) is 5.92 Å². The highest BCUT2D eigenvalue weighted by molar-refractivity contribution is 7.89. The molecule has 1 amide bonds. The first-order valence-electron chi connectivity index (χ1n) is 10.6. The Morgan fingerprint density at radius 2 is 1.81 bits per heavy atom. The lowest BCUT2D eigenvalue weighted by atomic mass is 9.95. The number of nitrogens with one attached hydrogen (secondary N) is 1. The van der Waals surface area contributed by atoms with Gasteiger partial charge < -0.3 is 4.90 Å². The highest BCUT2D eigenvalue weighted by Crippen LogP contribution is 2.40. The Balaban J connectivity index is 1.71. The molecule has 9 heteroatoms. The standard InChI is InChI=1S/C23H25F3N2O3S/c1-2-32(30,31)27-21-19(28(14-23(21,25)26)22(29)16-11-12-16)13-17-9-6-10-18(20(17)24)15-7-4-3-5-8-15/h3-10,16,19,21,27H,2,11-14H2,1H3/t19-,21+/m0/s1. The average Bonchev–Trinajstić information content (AvgIpc) is 3.58. The van der Waals surface area contributed by atoms with E-state index in [1.807, 2.05) is 0 Å². The van der Waals surface area contributed by atoms with E-state index in [1.54, 1.807) is 42.5 Å². The van der Waals surface area contributed by atoms with Crippen molar-refractivity contribution in [1.82, 2.24) is 9.62 Å². The number of amides is 1. The summed E-state index contributed by atoms with van der Waals surface area (Å²) in [5.41, 5.74) is 1.11. The van der Waals surface area contributed by atoms with Crippen LogP contribution in [0.25, 0.3) is 11.1 Å². The molecule has 172 valence electrons. The van der Waals surface area contributed by atoms with Gasteiger partial charge in [-0.2, -0.15) is 0 Å². The third-order valence-corrected chi connectivity index (χ3v) is 7.48. The smallest absolute Gasteiger partial charge is 0.283 e. The van der Waals surface area contributed by atoms with Gasteiger partial charge in [-0.3, -0.25) is 4.79 Å². The van der Waals surface area contributed by atoms with Crippen molar-refractivity contribution in [1.29, 1.82) is 0 Å². The summed E-state index contributed by atoms with van der Waals surface area (Å²) in [6.07, 6.45) is 1.02. The molecule has 0 unspecified atom stereocenters. The Kier molecular flexibility index (Phi) is 6.06. The van der Waals surface area contributed by atoms with Crippen LogP contribution in [0.2, 0.25) is 0 Å². The van der Waals surface area contributed by atoms with Gasteiger partial charge in [-0.25, -0.2) is 26.3 Å². The highest BCUT2D eigenvalue weighted by atomic mass is 32.2. The van der Waals surface area contributed by atoms with E-state index in [0.29, 0.717) is 24.0 Å². The van der Waals surface area contributed by atoms with E-state index in [9.17, 15) is 22.0 Å². The van der Waals surface area contributed by atoms with Crippen molar-refractivity contribution in [2.75, 3.05) is 12.3 Å². The number of nitrogens with zero attached hydrogens (tertiary/aromatic N) is 1. The van der Waals surface area contributed by atoms with E-state index < -0.39 is 46.3 Å². The number of alkyl halides is 2. The van der Waals surface area contributed by atoms with Crippen molar-refractivity contribution in [3.63, 3.8) is 0 Å². The summed E-state index contributed by atoms with van der Waals surface area (Å²) >= 11 is 0. The van der Waals surface area contributed by atoms with Gasteiger partial charge in [-0.15, -0.1) is 0 Å². The van der Waals surface area contributed by atoms with Crippen molar-refractivity contribution in [3.05, 3.63) is 59.9 Å². The van der Waals surface area contributed by atoms with Gasteiger partial charge in [0.15, 0.2) is 0 Å². The van der Waals surface area contributed by atoms with Crippen LogP contribution in [0.3, 0.4) is 0 Å². The molecular weight excluding hydrogens is 441 g/mol. The Morgan fingerprint density at radius 3 is 2.44 bits per heavy atom. The van der Waals surface area contributed by atoms with E-state index in [2.05, 4.69) is 4.72 Å². The molecule has 1 aliphatic heterocycles. The third kappa shape index (κ3) is 4.54. The van der Waals surface area contributed by atoms with E-state index in [0.717, 1.165) is 4.90 Å². The summed E-state index contributed by atoms with van der Waals surface area (Å²) in [5.74, 6) is -5.15. The third-order valence-electron chi connectivity index (χ3n) is 6.11. The first kappa shape index (κ1) is 22.8. The minimum absolute atomic E-state index is 0.156. The van der Waals surface area contributed by atoms with Gasteiger partial charge in [0.2, 0.25) is 15.9 Å². The van der Waals surface area contributed by atoms with Crippen LogP contribution in [0, 0.1) is 11.7 Å². The van der Waals surface area contributed by atoms with Gasteiger partial charge in [-0.1, -0.05) is 48.5 Å². The molecule has 1 heterocycles. The number of halogens is 3. The maximum Gasteiger partial charge on any atom is 0.283 e. The van der Waals surface area contributed by atoms with Crippen LogP contribution in [-0.2, 0) is 21.2 Å². The highest BCUT2D eigenvalue weighted by Gasteiger charge is 2.58. The topological polar surface area (TPSA) is 66.5 Å². The first-order valence-corrected chi connectivity index (χ1v) is 12.3. The number of benzene rings is 2. The number of rotatable bonds is 7. The number of hydrogen-bond acceptors (Lipinski definition) is 3. The van der Waals surface area contributed by atoms with Crippen molar-refractivity contribution in [3.8, 4) is 11.1 Å². The quantitative estimate of drug-likeness (QED) is 0.678. The number of hydrogen-bond donors (Lipinski definition) is 1. The lowest BCUT2D eigenvalue weighted by molar-refractivity contribution is -0.134. The molecule has 2 aromatic rings. The molecule has 5 nitrogen and oxygen atoms in total.